The van der Waals surface area contributed by atoms with Crippen LogP contribution in [-0.4, -0.2) is 43.5 Å². The summed E-state index contributed by atoms with van der Waals surface area (Å²) >= 11 is 1.07. The highest BCUT2D eigenvalue weighted by Gasteiger charge is 2.16. The van der Waals surface area contributed by atoms with E-state index in [1.54, 1.807) is 4.57 Å². The molecular weight excluding hydrogens is 280 g/mol. The van der Waals surface area contributed by atoms with E-state index in [0.29, 0.717) is 17.4 Å². The maximum absolute atomic E-state index is 11.9. The zero-order chi connectivity index (χ0) is 15.1. The van der Waals surface area contributed by atoms with E-state index in [0.717, 1.165) is 18.2 Å². The summed E-state index contributed by atoms with van der Waals surface area (Å²) in [6, 6.07) is 0.0590. The van der Waals surface area contributed by atoms with Gasteiger partial charge < -0.3 is 10.4 Å². The molecule has 20 heavy (non-hydrogen) atoms. The van der Waals surface area contributed by atoms with Gasteiger partial charge in [-0.3, -0.25) is 14.2 Å². The molecule has 0 spiro atoms. The van der Waals surface area contributed by atoms with E-state index >= 15 is 0 Å². The third kappa shape index (κ3) is 5.20. The van der Waals surface area contributed by atoms with Gasteiger partial charge in [0.05, 0.1) is 5.75 Å². The molecule has 0 bridgehead atoms. The van der Waals surface area contributed by atoms with Gasteiger partial charge >= 0.3 is 5.97 Å². The van der Waals surface area contributed by atoms with Crippen molar-refractivity contribution in [2.45, 2.75) is 51.4 Å². The number of carboxylic acid groups (broad SMARTS) is 1. The highest BCUT2D eigenvalue weighted by atomic mass is 32.2. The molecular formula is C12H20N4O3S. The van der Waals surface area contributed by atoms with Crippen LogP contribution in [0.3, 0.4) is 0 Å². The second-order valence-corrected chi connectivity index (χ2v) is 5.58. The monoisotopic (exact) mass is 300 g/mol. The Hall–Kier alpha value is -1.57. The number of rotatable bonds is 8. The lowest BCUT2D eigenvalue weighted by Crippen LogP contribution is -2.33. The summed E-state index contributed by atoms with van der Waals surface area (Å²) in [4.78, 5) is 22.5. The number of aromatic nitrogens is 3. The molecule has 0 saturated heterocycles. The minimum absolute atomic E-state index is 0.0590. The molecule has 0 aliphatic rings. The van der Waals surface area contributed by atoms with Crippen LogP contribution in [0.1, 0.15) is 33.0 Å². The summed E-state index contributed by atoms with van der Waals surface area (Å²) in [7, 11) is 0. The predicted molar refractivity (Wildman–Crippen MR) is 75.7 cm³/mol. The summed E-state index contributed by atoms with van der Waals surface area (Å²) in [5, 5.41) is 20.0. The quantitative estimate of drug-likeness (QED) is 0.693. The molecule has 1 aromatic heterocycles. The molecule has 7 nitrogen and oxygen atoms in total. The molecule has 1 rings (SSSR count). The fourth-order valence-corrected chi connectivity index (χ4v) is 2.31. The second kappa shape index (κ2) is 7.88. The number of hydrogen-bond acceptors (Lipinski definition) is 5. The molecule has 0 unspecified atom stereocenters. The van der Waals surface area contributed by atoms with Crippen molar-refractivity contribution in [2.24, 2.45) is 0 Å². The third-order valence-electron chi connectivity index (χ3n) is 2.34. The molecule has 0 saturated carbocycles. The lowest BCUT2D eigenvalue weighted by Gasteiger charge is -2.11. The largest absolute Gasteiger partial charge is 0.481 e. The van der Waals surface area contributed by atoms with Gasteiger partial charge in [-0.25, -0.2) is 0 Å². The maximum Gasteiger partial charge on any atom is 0.313 e. The van der Waals surface area contributed by atoms with Gasteiger partial charge in [0.25, 0.3) is 0 Å². The Kier molecular flexibility index (Phi) is 6.50. The van der Waals surface area contributed by atoms with Gasteiger partial charge in [-0.1, -0.05) is 18.7 Å². The van der Waals surface area contributed by atoms with Crippen LogP contribution in [-0.2, 0) is 22.6 Å². The Morgan fingerprint density at radius 1 is 1.40 bits per heavy atom. The number of carbonyl (C=O) groups is 2. The van der Waals surface area contributed by atoms with Gasteiger partial charge in [0.2, 0.25) is 5.91 Å². The van der Waals surface area contributed by atoms with E-state index in [1.165, 1.54) is 0 Å². The van der Waals surface area contributed by atoms with Crippen LogP contribution in [0.15, 0.2) is 5.16 Å². The first-order valence-corrected chi connectivity index (χ1v) is 7.48. The molecule has 1 aromatic rings. The van der Waals surface area contributed by atoms with Crippen molar-refractivity contribution in [3.05, 3.63) is 5.82 Å². The number of carboxylic acids is 1. The van der Waals surface area contributed by atoms with Crippen LogP contribution in [0.25, 0.3) is 0 Å². The summed E-state index contributed by atoms with van der Waals surface area (Å²) in [5.41, 5.74) is 0. The predicted octanol–water partition coefficient (Wildman–Crippen LogP) is 0.932. The van der Waals surface area contributed by atoms with Gasteiger partial charge in [-0.2, -0.15) is 0 Å². The molecule has 1 amide bonds. The van der Waals surface area contributed by atoms with E-state index in [2.05, 4.69) is 15.5 Å². The van der Waals surface area contributed by atoms with E-state index in [9.17, 15) is 9.59 Å². The van der Waals surface area contributed by atoms with Crippen molar-refractivity contribution in [1.82, 2.24) is 20.1 Å². The zero-order valence-corrected chi connectivity index (χ0v) is 12.7. The maximum atomic E-state index is 11.9. The van der Waals surface area contributed by atoms with Crippen LogP contribution < -0.4 is 5.32 Å². The first kappa shape index (κ1) is 16.5. The fraction of sp³-hybridized carbons (Fsp3) is 0.667. The molecule has 2 N–H and O–H groups in total. The number of carbonyl (C=O) groups excluding carboxylic acids is 1. The topological polar surface area (TPSA) is 97.1 Å². The van der Waals surface area contributed by atoms with Crippen molar-refractivity contribution < 1.29 is 14.7 Å². The minimum Gasteiger partial charge on any atom is -0.481 e. The van der Waals surface area contributed by atoms with Gasteiger partial charge in [0.1, 0.15) is 12.4 Å². The third-order valence-corrected chi connectivity index (χ3v) is 3.29. The fourth-order valence-electron chi connectivity index (χ4n) is 1.63. The van der Waals surface area contributed by atoms with Crippen molar-refractivity contribution in [2.75, 3.05) is 5.75 Å². The zero-order valence-electron chi connectivity index (χ0n) is 11.9. The number of aryl methyl sites for hydroxylation is 1. The van der Waals surface area contributed by atoms with Crippen molar-refractivity contribution in [3.8, 4) is 0 Å². The molecule has 1 heterocycles. The highest BCUT2D eigenvalue weighted by molar-refractivity contribution is 7.99. The summed E-state index contributed by atoms with van der Waals surface area (Å²) in [6.45, 7) is 5.90. The molecule has 0 aromatic carbocycles. The van der Waals surface area contributed by atoms with Crippen LogP contribution in [0, 0.1) is 0 Å². The van der Waals surface area contributed by atoms with Crippen molar-refractivity contribution >= 4 is 23.6 Å². The van der Waals surface area contributed by atoms with Gasteiger partial charge in [-0.05, 0) is 20.3 Å². The van der Waals surface area contributed by atoms with E-state index in [-0.39, 0.29) is 24.2 Å². The van der Waals surface area contributed by atoms with E-state index in [4.69, 9.17) is 5.11 Å². The molecule has 0 fully saturated rings. The van der Waals surface area contributed by atoms with Crippen LogP contribution >= 0.6 is 11.8 Å². The average Bonchev–Trinajstić information content (AvgIpc) is 2.69. The van der Waals surface area contributed by atoms with Gasteiger partial charge in [0, 0.05) is 12.5 Å². The normalized spacial score (nSPS) is 10.8. The number of nitrogens with one attached hydrogen (secondary N) is 1. The molecule has 112 valence electrons. The van der Waals surface area contributed by atoms with Gasteiger partial charge in [-0.15, -0.1) is 10.2 Å². The molecule has 0 aliphatic heterocycles. The summed E-state index contributed by atoms with van der Waals surface area (Å²) < 4.78 is 1.69. The number of thioether (sulfide) groups is 1. The van der Waals surface area contributed by atoms with E-state index in [1.807, 2.05) is 20.8 Å². The number of aliphatic carboxylic acids is 1. The van der Waals surface area contributed by atoms with Crippen LogP contribution in [0.4, 0.5) is 0 Å². The summed E-state index contributed by atoms with van der Waals surface area (Å²) in [5.74, 6) is -0.447. The molecule has 8 heteroatoms. The number of amides is 1. The second-order valence-electron chi connectivity index (χ2n) is 4.64. The number of nitrogens with zero attached hydrogens (tertiary/aromatic N) is 3. The standard InChI is InChI=1S/C12H20N4O3S/c1-4-5-9-14-15-12(20-7-11(18)19)16(9)6-10(17)13-8(2)3/h8H,4-7H2,1-3H3,(H,13,17)(H,18,19). The van der Waals surface area contributed by atoms with Crippen LogP contribution in [0.5, 0.6) is 0 Å². The average molecular weight is 300 g/mol. The molecule has 0 atom stereocenters. The Balaban J connectivity index is 2.84. The highest BCUT2D eigenvalue weighted by Crippen LogP contribution is 2.17. The SMILES string of the molecule is CCCc1nnc(SCC(=O)O)n1CC(=O)NC(C)C. The lowest BCUT2D eigenvalue weighted by molar-refractivity contribution is -0.133. The molecule has 0 aliphatic carbocycles. The molecule has 0 radical (unpaired) electrons. The Bertz CT molecular complexity index is 473. The first-order valence-electron chi connectivity index (χ1n) is 6.50. The number of hydrogen-bond donors (Lipinski definition) is 2. The Morgan fingerprint density at radius 2 is 2.10 bits per heavy atom. The minimum atomic E-state index is -0.923. The first-order chi connectivity index (χ1) is 9.43. The Morgan fingerprint density at radius 3 is 2.65 bits per heavy atom. The smallest absolute Gasteiger partial charge is 0.313 e. The van der Waals surface area contributed by atoms with Crippen LogP contribution in [0.2, 0.25) is 0 Å². The Labute approximate surface area is 122 Å². The van der Waals surface area contributed by atoms with E-state index < -0.39 is 5.97 Å². The van der Waals surface area contributed by atoms with Crippen molar-refractivity contribution in [1.29, 1.82) is 0 Å². The summed E-state index contributed by atoms with van der Waals surface area (Å²) in [6.07, 6.45) is 1.59. The van der Waals surface area contributed by atoms with Crippen molar-refractivity contribution in [3.63, 3.8) is 0 Å². The lowest BCUT2D eigenvalue weighted by atomic mass is 10.3. The van der Waals surface area contributed by atoms with Gasteiger partial charge in [0.15, 0.2) is 5.16 Å².